The molecule has 1 heterocycles. The number of carbonyl (C=O) groups excluding carboxylic acids is 1. The molecule has 0 spiro atoms. The van der Waals surface area contributed by atoms with Crippen LogP contribution < -0.4 is 15.4 Å². The number of aromatic amines is 1. The van der Waals surface area contributed by atoms with Crippen molar-refractivity contribution in [2.24, 2.45) is 11.8 Å². The molecule has 11 heteroatoms. The van der Waals surface area contributed by atoms with Gasteiger partial charge in [0.05, 0.1) is 21.6 Å². The smallest absolute Gasteiger partial charge is 0.407 e. The lowest BCUT2D eigenvalue weighted by molar-refractivity contribution is 0.138. The van der Waals surface area contributed by atoms with Gasteiger partial charge in [-0.3, -0.25) is 4.31 Å². The molecular weight excluding hydrogens is 530 g/mol. The SMILES string of the molecule is CC(C)CN(c1cccc(C[C@@H](C)CNC(=O)OCc2ccccc2)c1O)S(=O)(=O)c1ccc2nc(N)[nH]c2c1. The normalized spacial score (nSPS) is 12.4. The van der Waals surface area contributed by atoms with E-state index in [1.165, 1.54) is 16.4 Å². The van der Waals surface area contributed by atoms with Gasteiger partial charge in [0.2, 0.25) is 0 Å². The van der Waals surface area contributed by atoms with E-state index in [2.05, 4.69) is 15.3 Å². The first-order chi connectivity index (χ1) is 19.0. The van der Waals surface area contributed by atoms with Crippen LogP contribution in [0.3, 0.4) is 0 Å². The highest BCUT2D eigenvalue weighted by atomic mass is 32.2. The van der Waals surface area contributed by atoms with Crippen molar-refractivity contribution in [3.8, 4) is 5.75 Å². The second kappa shape index (κ2) is 12.3. The Morgan fingerprint density at radius 1 is 1.10 bits per heavy atom. The van der Waals surface area contributed by atoms with Gasteiger partial charge in [-0.2, -0.15) is 0 Å². The minimum absolute atomic E-state index is 0.0191. The number of aromatic nitrogens is 2. The number of nitrogen functional groups attached to an aromatic ring is 1. The van der Waals surface area contributed by atoms with Crippen LogP contribution in [0.15, 0.2) is 71.6 Å². The van der Waals surface area contributed by atoms with Crippen molar-refractivity contribution in [1.82, 2.24) is 15.3 Å². The summed E-state index contributed by atoms with van der Waals surface area (Å²) < 4.78 is 34.2. The van der Waals surface area contributed by atoms with E-state index in [9.17, 15) is 18.3 Å². The van der Waals surface area contributed by atoms with Gasteiger partial charge in [0.15, 0.2) is 5.95 Å². The third-order valence-corrected chi connectivity index (χ3v) is 8.11. The number of nitrogens with one attached hydrogen (secondary N) is 2. The maximum Gasteiger partial charge on any atom is 0.407 e. The van der Waals surface area contributed by atoms with Crippen molar-refractivity contribution in [3.05, 3.63) is 77.9 Å². The van der Waals surface area contributed by atoms with Crippen LogP contribution in [0, 0.1) is 11.8 Å². The molecule has 0 unspecified atom stereocenters. The Hall–Kier alpha value is -4.25. The van der Waals surface area contributed by atoms with Crippen LogP contribution >= 0.6 is 0 Å². The van der Waals surface area contributed by atoms with E-state index >= 15 is 0 Å². The van der Waals surface area contributed by atoms with Crippen molar-refractivity contribution in [2.75, 3.05) is 23.1 Å². The predicted molar refractivity (Wildman–Crippen MR) is 155 cm³/mol. The summed E-state index contributed by atoms with van der Waals surface area (Å²) >= 11 is 0. The van der Waals surface area contributed by atoms with Crippen LogP contribution in [-0.2, 0) is 27.8 Å². The number of anilines is 2. The van der Waals surface area contributed by atoms with E-state index in [4.69, 9.17) is 10.5 Å². The third-order valence-electron chi connectivity index (χ3n) is 6.33. The lowest BCUT2D eigenvalue weighted by atomic mass is 9.99. The first-order valence-corrected chi connectivity index (χ1v) is 14.5. The summed E-state index contributed by atoms with van der Waals surface area (Å²) in [6.45, 7) is 6.40. The molecule has 3 aromatic carbocycles. The average molecular weight is 566 g/mol. The number of fused-ring (bicyclic) bond motifs is 1. The standard InChI is InChI=1S/C29H35N5O5S/c1-19(2)17-34(40(37,38)23-12-13-24-25(15-23)33-28(30)32-24)26-11-7-10-22(27(26)35)14-20(3)16-31-29(36)39-18-21-8-5-4-6-9-21/h4-13,15,19-20,35H,14,16-18H2,1-3H3,(H,31,36)(H3,30,32,33)/t20-/m1/s1. The van der Waals surface area contributed by atoms with Crippen molar-refractivity contribution in [2.45, 2.75) is 38.7 Å². The number of nitrogens with zero attached hydrogens (tertiary/aromatic N) is 2. The first-order valence-electron chi connectivity index (χ1n) is 13.1. The van der Waals surface area contributed by atoms with Gasteiger partial charge in [0.25, 0.3) is 10.0 Å². The number of rotatable bonds is 11. The van der Waals surface area contributed by atoms with Gasteiger partial charge in [-0.1, -0.05) is 63.2 Å². The quantitative estimate of drug-likeness (QED) is 0.204. The van der Waals surface area contributed by atoms with Crippen LogP contribution in [0.4, 0.5) is 16.4 Å². The number of benzene rings is 3. The number of hydrogen-bond acceptors (Lipinski definition) is 7. The van der Waals surface area contributed by atoms with Gasteiger partial charge < -0.3 is 25.9 Å². The molecule has 212 valence electrons. The zero-order chi connectivity index (χ0) is 28.9. The minimum Gasteiger partial charge on any atom is -0.505 e. The molecule has 0 saturated carbocycles. The number of aromatic hydroxyl groups is 1. The summed E-state index contributed by atoms with van der Waals surface area (Å²) in [5, 5.41) is 14.0. The van der Waals surface area contributed by atoms with Gasteiger partial charge in [0, 0.05) is 13.1 Å². The molecule has 0 bridgehead atoms. The Labute approximate surface area is 234 Å². The Bertz CT molecular complexity index is 1570. The van der Waals surface area contributed by atoms with E-state index in [-0.39, 0.29) is 47.3 Å². The molecular formula is C29H35N5O5S. The number of phenolic OH excluding ortho intramolecular Hbond substituents is 1. The number of carbonyl (C=O) groups is 1. The fraction of sp³-hybridized carbons (Fsp3) is 0.310. The van der Waals surface area contributed by atoms with E-state index in [0.717, 1.165) is 5.56 Å². The first kappa shape index (κ1) is 28.8. The highest BCUT2D eigenvalue weighted by molar-refractivity contribution is 7.92. The Kier molecular flexibility index (Phi) is 8.83. The van der Waals surface area contributed by atoms with Gasteiger partial charge in [-0.05, 0) is 53.6 Å². The maximum atomic E-state index is 13.8. The van der Waals surface area contributed by atoms with E-state index in [1.807, 2.05) is 51.1 Å². The number of hydrogen-bond donors (Lipinski definition) is 4. The molecule has 0 aliphatic carbocycles. The molecule has 0 radical (unpaired) electrons. The van der Waals surface area contributed by atoms with Crippen molar-refractivity contribution >= 4 is 38.8 Å². The van der Waals surface area contributed by atoms with Crippen LogP contribution in [0.2, 0.25) is 0 Å². The van der Waals surface area contributed by atoms with Crippen molar-refractivity contribution in [1.29, 1.82) is 0 Å². The van der Waals surface area contributed by atoms with Gasteiger partial charge in [-0.25, -0.2) is 18.2 Å². The summed E-state index contributed by atoms with van der Waals surface area (Å²) in [7, 11) is -4.04. The highest BCUT2D eigenvalue weighted by Gasteiger charge is 2.29. The second-order valence-electron chi connectivity index (χ2n) is 10.3. The van der Waals surface area contributed by atoms with Crippen LogP contribution in [-0.4, -0.2) is 42.7 Å². The third kappa shape index (κ3) is 6.84. The Balaban J connectivity index is 1.49. The fourth-order valence-electron chi connectivity index (χ4n) is 4.38. The monoisotopic (exact) mass is 565 g/mol. The number of para-hydroxylation sites is 1. The molecule has 0 aliphatic heterocycles. The van der Waals surface area contributed by atoms with E-state index < -0.39 is 16.1 Å². The average Bonchev–Trinajstić information content (AvgIpc) is 3.30. The molecule has 4 rings (SSSR count). The minimum atomic E-state index is -4.04. The number of amides is 1. The molecule has 40 heavy (non-hydrogen) atoms. The van der Waals surface area contributed by atoms with Crippen LogP contribution in [0.5, 0.6) is 5.75 Å². The lowest BCUT2D eigenvalue weighted by Gasteiger charge is -2.28. The van der Waals surface area contributed by atoms with Gasteiger partial charge in [0.1, 0.15) is 12.4 Å². The Morgan fingerprint density at radius 2 is 1.85 bits per heavy atom. The fourth-order valence-corrected chi connectivity index (χ4v) is 6.04. The zero-order valence-electron chi connectivity index (χ0n) is 22.8. The number of H-pyrrole nitrogens is 1. The number of phenols is 1. The number of ether oxygens (including phenoxy) is 1. The number of sulfonamides is 1. The summed E-state index contributed by atoms with van der Waals surface area (Å²) in [6.07, 6.45) is -0.119. The summed E-state index contributed by atoms with van der Waals surface area (Å²) in [5.74, 6) is 0.00213. The molecule has 0 aliphatic rings. The Morgan fingerprint density at radius 3 is 2.58 bits per heavy atom. The second-order valence-corrected chi connectivity index (χ2v) is 12.1. The molecule has 4 aromatic rings. The van der Waals surface area contributed by atoms with Crippen LogP contribution in [0.25, 0.3) is 11.0 Å². The molecule has 1 aromatic heterocycles. The largest absolute Gasteiger partial charge is 0.505 e. The van der Waals surface area contributed by atoms with E-state index in [1.54, 1.807) is 24.3 Å². The molecule has 1 atom stereocenters. The summed E-state index contributed by atoms with van der Waals surface area (Å²) in [6, 6.07) is 19.0. The topological polar surface area (TPSA) is 151 Å². The number of nitrogens with two attached hydrogens (primary N) is 1. The van der Waals surface area contributed by atoms with Crippen LogP contribution in [0.1, 0.15) is 31.9 Å². The highest BCUT2D eigenvalue weighted by Crippen LogP contribution is 2.36. The maximum absolute atomic E-state index is 13.8. The van der Waals surface area contributed by atoms with Crippen molar-refractivity contribution < 1.29 is 23.1 Å². The molecule has 0 fully saturated rings. The van der Waals surface area contributed by atoms with E-state index in [0.29, 0.717) is 29.6 Å². The van der Waals surface area contributed by atoms with Gasteiger partial charge in [-0.15, -0.1) is 0 Å². The number of alkyl carbamates (subject to hydrolysis) is 1. The van der Waals surface area contributed by atoms with Crippen molar-refractivity contribution in [3.63, 3.8) is 0 Å². The zero-order valence-corrected chi connectivity index (χ0v) is 23.6. The summed E-state index contributed by atoms with van der Waals surface area (Å²) in [4.78, 5) is 19.2. The lowest BCUT2D eigenvalue weighted by Crippen LogP contribution is -2.34. The van der Waals surface area contributed by atoms with Gasteiger partial charge >= 0.3 is 6.09 Å². The summed E-state index contributed by atoms with van der Waals surface area (Å²) in [5.41, 5.74) is 8.45. The molecule has 10 nitrogen and oxygen atoms in total. The number of imidazole rings is 1. The molecule has 1 amide bonds. The molecule has 0 saturated heterocycles. The predicted octanol–water partition coefficient (Wildman–Crippen LogP) is 4.81. The molecule has 5 N–H and O–H groups in total.